The van der Waals surface area contributed by atoms with Crippen LogP contribution in [0.4, 0.5) is 18.9 Å². The van der Waals surface area contributed by atoms with E-state index in [-0.39, 0.29) is 17.0 Å². The summed E-state index contributed by atoms with van der Waals surface area (Å²) in [5.74, 6) is 0.0959. The van der Waals surface area contributed by atoms with Gasteiger partial charge in [-0.1, -0.05) is 12.1 Å². The van der Waals surface area contributed by atoms with Crippen molar-refractivity contribution in [2.75, 3.05) is 26.1 Å². The number of carbonyl (C=O) groups is 1. The van der Waals surface area contributed by atoms with Crippen LogP contribution in [0.5, 0.6) is 17.2 Å². The third kappa shape index (κ3) is 5.04. The topological polar surface area (TPSA) is 56.8 Å². The van der Waals surface area contributed by atoms with Gasteiger partial charge in [0.25, 0.3) is 5.91 Å². The van der Waals surface area contributed by atoms with Crippen LogP contribution in [0.2, 0.25) is 0 Å². The van der Waals surface area contributed by atoms with E-state index in [0.29, 0.717) is 16.0 Å². The maximum Gasteiger partial charge on any atom is 0.422 e. The lowest BCUT2D eigenvalue weighted by Crippen LogP contribution is -2.20. The van der Waals surface area contributed by atoms with Crippen LogP contribution in [0.25, 0.3) is 0 Å². The summed E-state index contributed by atoms with van der Waals surface area (Å²) >= 11 is 3.29. The van der Waals surface area contributed by atoms with Gasteiger partial charge in [-0.3, -0.25) is 4.79 Å². The van der Waals surface area contributed by atoms with Crippen molar-refractivity contribution in [2.45, 2.75) is 6.18 Å². The number of benzene rings is 2. The zero-order valence-electron chi connectivity index (χ0n) is 13.8. The third-order valence-corrected chi connectivity index (χ3v) is 4.02. The lowest BCUT2D eigenvalue weighted by molar-refractivity contribution is -0.153. The van der Waals surface area contributed by atoms with Crippen LogP contribution in [0.1, 0.15) is 10.4 Å². The highest BCUT2D eigenvalue weighted by Gasteiger charge is 2.29. The van der Waals surface area contributed by atoms with Gasteiger partial charge in [-0.15, -0.1) is 0 Å². The summed E-state index contributed by atoms with van der Waals surface area (Å²) in [5.41, 5.74) is 0.315. The number of halogens is 4. The maximum atomic E-state index is 12.5. The fourth-order valence-corrected chi connectivity index (χ4v) is 2.60. The second-order valence-electron chi connectivity index (χ2n) is 5.05. The summed E-state index contributed by atoms with van der Waals surface area (Å²) in [7, 11) is 2.86. The smallest absolute Gasteiger partial charge is 0.422 e. The van der Waals surface area contributed by atoms with Crippen LogP contribution in [0, 0.1) is 0 Å². The van der Waals surface area contributed by atoms with Crippen LogP contribution >= 0.6 is 15.9 Å². The first kappa shape index (κ1) is 19.9. The molecule has 1 amide bonds. The largest absolute Gasteiger partial charge is 0.495 e. The normalized spacial score (nSPS) is 11.0. The third-order valence-electron chi connectivity index (χ3n) is 3.23. The SMILES string of the molecule is COc1cc(C(=O)Nc2ccccc2OCC(F)(F)F)cc(OC)c1Br. The molecule has 2 aromatic carbocycles. The number of ether oxygens (including phenoxy) is 3. The average Bonchev–Trinajstić information content (AvgIpc) is 2.60. The van der Waals surface area contributed by atoms with Crippen LogP contribution in [0.15, 0.2) is 40.9 Å². The molecule has 1 N–H and O–H groups in total. The zero-order chi connectivity index (χ0) is 19.3. The Morgan fingerprint density at radius 1 is 1.08 bits per heavy atom. The summed E-state index contributed by atoms with van der Waals surface area (Å²) in [4.78, 5) is 12.5. The van der Waals surface area contributed by atoms with Crippen LogP contribution < -0.4 is 19.5 Å². The number of anilines is 1. The van der Waals surface area contributed by atoms with Gasteiger partial charge in [-0.05, 0) is 40.2 Å². The monoisotopic (exact) mass is 433 g/mol. The van der Waals surface area contributed by atoms with Crippen molar-refractivity contribution in [1.82, 2.24) is 0 Å². The van der Waals surface area contributed by atoms with Gasteiger partial charge in [0, 0.05) is 5.56 Å². The molecule has 0 fully saturated rings. The van der Waals surface area contributed by atoms with E-state index in [9.17, 15) is 18.0 Å². The Bertz CT molecular complexity index is 771. The van der Waals surface area contributed by atoms with E-state index in [2.05, 4.69) is 21.2 Å². The van der Waals surface area contributed by atoms with Gasteiger partial charge in [0.15, 0.2) is 6.61 Å². The molecule has 0 radical (unpaired) electrons. The summed E-state index contributed by atoms with van der Waals surface area (Å²) in [6.07, 6.45) is -4.48. The van der Waals surface area contributed by atoms with Crippen molar-refractivity contribution in [2.24, 2.45) is 0 Å². The Balaban J connectivity index is 2.25. The number of hydrogen-bond acceptors (Lipinski definition) is 4. The number of amides is 1. The Morgan fingerprint density at radius 3 is 2.19 bits per heavy atom. The van der Waals surface area contributed by atoms with Gasteiger partial charge in [0.05, 0.1) is 19.9 Å². The first-order valence-electron chi connectivity index (χ1n) is 7.26. The van der Waals surface area contributed by atoms with Gasteiger partial charge in [0.1, 0.15) is 21.7 Å². The molecule has 5 nitrogen and oxygen atoms in total. The predicted molar refractivity (Wildman–Crippen MR) is 93.2 cm³/mol. The molecule has 0 saturated carbocycles. The molecular weight excluding hydrogens is 419 g/mol. The molecule has 0 aliphatic heterocycles. The molecular formula is C17H15BrF3NO4. The second-order valence-corrected chi connectivity index (χ2v) is 5.84. The number of alkyl halides is 3. The Morgan fingerprint density at radius 2 is 1.65 bits per heavy atom. The van der Waals surface area contributed by atoms with Crippen LogP contribution in [-0.4, -0.2) is 32.9 Å². The lowest BCUT2D eigenvalue weighted by Gasteiger charge is -2.15. The number of rotatable bonds is 6. The maximum absolute atomic E-state index is 12.5. The van der Waals surface area contributed by atoms with Crippen molar-refractivity contribution in [3.63, 3.8) is 0 Å². The Hall–Kier alpha value is -2.42. The fraction of sp³-hybridized carbons (Fsp3) is 0.235. The van der Waals surface area contributed by atoms with E-state index >= 15 is 0 Å². The highest BCUT2D eigenvalue weighted by atomic mass is 79.9. The van der Waals surface area contributed by atoms with E-state index in [1.54, 1.807) is 6.07 Å². The minimum absolute atomic E-state index is 0.0887. The van der Waals surface area contributed by atoms with Crippen molar-refractivity contribution in [1.29, 1.82) is 0 Å². The molecule has 0 spiro atoms. The minimum atomic E-state index is -4.48. The van der Waals surface area contributed by atoms with Crippen LogP contribution in [0.3, 0.4) is 0 Å². The molecule has 0 aliphatic rings. The number of carbonyl (C=O) groups excluding carboxylic acids is 1. The first-order valence-corrected chi connectivity index (χ1v) is 8.06. The molecule has 140 valence electrons. The van der Waals surface area contributed by atoms with Crippen molar-refractivity contribution >= 4 is 27.5 Å². The fourth-order valence-electron chi connectivity index (χ4n) is 2.05. The summed E-state index contributed by atoms with van der Waals surface area (Å²) < 4.78 is 52.7. The zero-order valence-corrected chi connectivity index (χ0v) is 15.4. The molecule has 0 heterocycles. The van der Waals surface area contributed by atoms with Crippen molar-refractivity contribution < 1.29 is 32.2 Å². The Kier molecular flexibility index (Phi) is 6.36. The van der Waals surface area contributed by atoms with Gasteiger partial charge in [-0.25, -0.2) is 0 Å². The molecule has 2 rings (SSSR count). The first-order chi connectivity index (χ1) is 12.2. The minimum Gasteiger partial charge on any atom is -0.495 e. The molecule has 0 aliphatic carbocycles. The molecule has 0 unspecified atom stereocenters. The lowest BCUT2D eigenvalue weighted by atomic mass is 10.1. The standard InChI is InChI=1S/C17H15BrF3NO4/c1-24-13-7-10(8-14(25-2)15(13)18)16(23)22-11-5-3-4-6-12(11)26-9-17(19,20)21/h3-8H,9H2,1-2H3,(H,22,23). The summed E-state index contributed by atoms with van der Waals surface area (Å²) in [5, 5.41) is 2.53. The number of methoxy groups -OCH3 is 2. The van der Waals surface area contributed by atoms with E-state index in [1.165, 1.54) is 44.6 Å². The summed E-state index contributed by atoms with van der Waals surface area (Å²) in [6.45, 7) is -1.46. The quantitative estimate of drug-likeness (QED) is 0.719. The summed E-state index contributed by atoms with van der Waals surface area (Å²) in [6, 6.07) is 8.80. The molecule has 2 aromatic rings. The molecule has 26 heavy (non-hydrogen) atoms. The second kappa shape index (κ2) is 8.31. The van der Waals surface area contributed by atoms with Crippen molar-refractivity contribution in [3.05, 3.63) is 46.4 Å². The highest BCUT2D eigenvalue weighted by Crippen LogP contribution is 2.36. The van der Waals surface area contributed by atoms with E-state index in [0.717, 1.165) is 0 Å². The average molecular weight is 434 g/mol. The molecule has 9 heteroatoms. The molecule has 0 bridgehead atoms. The highest BCUT2D eigenvalue weighted by molar-refractivity contribution is 9.10. The number of nitrogens with one attached hydrogen (secondary N) is 1. The van der Waals surface area contributed by atoms with E-state index in [4.69, 9.17) is 14.2 Å². The predicted octanol–water partition coefficient (Wildman–Crippen LogP) is 4.66. The van der Waals surface area contributed by atoms with Gasteiger partial charge in [-0.2, -0.15) is 13.2 Å². The van der Waals surface area contributed by atoms with E-state index < -0.39 is 18.7 Å². The van der Waals surface area contributed by atoms with Gasteiger partial charge in [0.2, 0.25) is 0 Å². The van der Waals surface area contributed by atoms with Gasteiger partial charge >= 0.3 is 6.18 Å². The van der Waals surface area contributed by atoms with Crippen LogP contribution in [-0.2, 0) is 0 Å². The molecule has 0 aromatic heterocycles. The number of para-hydroxylation sites is 2. The number of hydrogen-bond donors (Lipinski definition) is 1. The molecule has 0 saturated heterocycles. The van der Waals surface area contributed by atoms with Gasteiger partial charge < -0.3 is 19.5 Å². The van der Waals surface area contributed by atoms with Crippen molar-refractivity contribution in [3.8, 4) is 17.2 Å². The Labute approximate surface area is 156 Å². The van der Waals surface area contributed by atoms with E-state index in [1.807, 2.05) is 0 Å². The molecule has 0 atom stereocenters.